The zero-order valence-corrected chi connectivity index (χ0v) is 11.5. The first kappa shape index (κ1) is 14.1. The van der Waals surface area contributed by atoms with Crippen LogP contribution in [0, 0.1) is 5.92 Å². The molecule has 1 aliphatic carbocycles. The molecule has 1 aromatic carbocycles. The molecular weight excluding hydrogens is 268 g/mol. The van der Waals surface area contributed by atoms with Crippen LogP contribution >= 0.6 is 0 Å². The van der Waals surface area contributed by atoms with Gasteiger partial charge in [-0.1, -0.05) is 0 Å². The van der Waals surface area contributed by atoms with Crippen molar-refractivity contribution in [1.82, 2.24) is 4.72 Å². The molecule has 106 valence electrons. The largest absolute Gasteiger partial charge is 0.495 e. The molecule has 0 aromatic heterocycles. The Morgan fingerprint density at radius 1 is 1.47 bits per heavy atom. The summed E-state index contributed by atoms with van der Waals surface area (Å²) in [4.78, 5) is 0.0369. The number of ether oxygens (including phenoxy) is 1. The van der Waals surface area contributed by atoms with Crippen molar-refractivity contribution < 1.29 is 18.3 Å². The second-order valence-electron chi connectivity index (χ2n) is 4.75. The monoisotopic (exact) mass is 286 g/mol. The molecule has 4 N–H and O–H groups in total. The second-order valence-corrected chi connectivity index (χ2v) is 6.49. The fourth-order valence-corrected chi connectivity index (χ4v) is 3.39. The number of hydrogen-bond donors (Lipinski definition) is 3. The van der Waals surface area contributed by atoms with Crippen LogP contribution < -0.4 is 15.2 Å². The summed E-state index contributed by atoms with van der Waals surface area (Å²) < 4.78 is 31.9. The maximum atomic E-state index is 12.2. The van der Waals surface area contributed by atoms with Gasteiger partial charge in [0.2, 0.25) is 10.0 Å². The van der Waals surface area contributed by atoms with E-state index in [-0.39, 0.29) is 22.7 Å². The van der Waals surface area contributed by atoms with Gasteiger partial charge in [-0.3, -0.25) is 0 Å². The van der Waals surface area contributed by atoms with Crippen LogP contribution in [-0.2, 0) is 10.0 Å². The van der Waals surface area contributed by atoms with E-state index in [1.807, 2.05) is 0 Å². The van der Waals surface area contributed by atoms with E-state index in [0.717, 1.165) is 0 Å². The van der Waals surface area contributed by atoms with Gasteiger partial charge >= 0.3 is 0 Å². The first-order chi connectivity index (χ1) is 8.92. The van der Waals surface area contributed by atoms with Crippen LogP contribution in [-0.4, -0.2) is 33.3 Å². The first-order valence-corrected chi connectivity index (χ1v) is 7.52. The lowest BCUT2D eigenvalue weighted by Crippen LogP contribution is -2.38. The van der Waals surface area contributed by atoms with Crippen LogP contribution in [0.1, 0.15) is 12.8 Å². The number of nitrogens with two attached hydrogens (primary N) is 1. The molecule has 0 radical (unpaired) electrons. The Morgan fingerprint density at radius 2 is 2.16 bits per heavy atom. The summed E-state index contributed by atoms with van der Waals surface area (Å²) in [6.07, 6.45) is 0.976. The fraction of sp³-hybridized carbons (Fsp3) is 0.500. The Bertz CT molecular complexity index is 553. The maximum Gasteiger partial charge on any atom is 0.244 e. The molecule has 0 heterocycles. The van der Waals surface area contributed by atoms with Gasteiger partial charge in [0.25, 0.3) is 0 Å². The van der Waals surface area contributed by atoms with E-state index in [0.29, 0.717) is 25.1 Å². The Morgan fingerprint density at radius 3 is 2.74 bits per heavy atom. The first-order valence-electron chi connectivity index (χ1n) is 6.03. The number of aliphatic hydroxyl groups excluding tert-OH is 1. The van der Waals surface area contributed by atoms with E-state index < -0.39 is 10.0 Å². The number of benzene rings is 1. The summed E-state index contributed by atoms with van der Waals surface area (Å²) >= 11 is 0. The molecule has 0 bridgehead atoms. The van der Waals surface area contributed by atoms with Crippen molar-refractivity contribution in [3.05, 3.63) is 18.2 Å². The molecule has 1 aliphatic rings. The van der Waals surface area contributed by atoms with Gasteiger partial charge in [0.05, 0.1) is 13.2 Å². The molecule has 7 heteroatoms. The minimum Gasteiger partial charge on any atom is -0.495 e. The third-order valence-corrected chi connectivity index (χ3v) is 4.69. The third-order valence-electron chi connectivity index (χ3n) is 3.25. The van der Waals surface area contributed by atoms with Crippen molar-refractivity contribution in [3.63, 3.8) is 0 Å². The zero-order chi connectivity index (χ0) is 14.0. The molecule has 0 aliphatic heterocycles. The van der Waals surface area contributed by atoms with Crippen LogP contribution in [0.4, 0.5) is 5.69 Å². The van der Waals surface area contributed by atoms with Crippen molar-refractivity contribution in [1.29, 1.82) is 0 Å². The number of methoxy groups -OCH3 is 1. The molecule has 0 saturated heterocycles. The third kappa shape index (κ3) is 3.17. The Kier molecular flexibility index (Phi) is 3.98. The molecule has 1 fully saturated rings. The molecule has 0 atom stereocenters. The number of nitrogen functional groups attached to an aromatic ring is 1. The predicted molar refractivity (Wildman–Crippen MR) is 71.3 cm³/mol. The minimum atomic E-state index is -3.65. The Balaban J connectivity index is 2.12. The van der Waals surface area contributed by atoms with Crippen molar-refractivity contribution in [3.8, 4) is 5.75 Å². The molecule has 19 heavy (non-hydrogen) atoms. The number of aliphatic hydroxyl groups is 1. The maximum absolute atomic E-state index is 12.2. The van der Waals surface area contributed by atoms with E-state index in [1.54, 1.807) is 6.07 Å². The van der Waals surface area contributed by atoms with E-state index in [1.165, 1.54) is 19.2 Å². The van der Waals surface area contributed by atoms with E-state index >= 15 is 0 Å². The highest BCUT2D eigenvalue weighted by Gasteiger charge is 2.29. The summed E-state index contributed by atoms with van der Waals surface area (Å²) in [5, 5.41) is 9.17. The van der Waals surface area contributed by atoms with E-state index in [2.05, 4.69) is 4.72 Å². The zero-order valence-electron chi connectivity index (χ0n) is 10.7. The summed E-state index contributed by atoms with van der Waals surface area (Å²) in [5.74, 6) is 0.451. The van der Waals surface area contributed by atoms with Crippen molar-refractivity contribution in [2.75, 3.05) is 19.4 Å². The molecule has 2 rings (SSSR count). The number of sulfonamides is 1. The van der Waals surface area contributed by atoms with Gasteiger partial charge in [-0.05, 0) is 37.0 Å². The quantitative estimate of drug-likeness (QED) is 0.677. The van der Waals surface area contributed by atoms with Crippen molar-refractivity contribution in [2.24, 2.45) is 5.92 Å². The number of rotatable bonds is 5. The van der Waals surface area contributed by atoms with Gasteiger partial charge in [0.1, 0.15) is 10.6 Å². The van der Waals surface area contributed by atoms with Gasteiger partial charge in [-0.25, -0.2) is 13.1 Å². The Labute approximate surface area is 112 Å². The predicted octanol–water partition coefficient (Wildman–Crippen LogP) is 0.327. The van der Waals surface area contributed by atoms with Crippen molar-refractivity contribution in [2.45, 2.75) is 23.8 Å². The highest BCUT2D eigenvalue weighted by atomic mass is 32.2. The topological polar surface area (TPSA) is 102 Å². The average molecular weight is 286 g/mol. The van der Waals surface area contributed by atoms with Crippen molar-refractivity contribution >= 4 is 15.7 Å². The fourth-order valence-electron chi connectivity index (χ4n) is 2.08. The summed E-state index contributed by atoms with van der Waals surface area (Å²) in [5.41, 5.74) is 5.97. The number of nitrogens with one attached hydrogen (secondary N) is 1. The lowest BCUT2D eigenvalue weighted by Gasteiger charge is -2.31. The molecule has 6 nitrogen and oxygen atoms in total. The normalized spacial score (nSPS) is 22.8. The number of hydrogen-bond acceptors (Lipinski definition) is 5. The van der Waals surface area contributed by atoms with E-state index in [9.17, 15) is 8.42 Å². The van der Waals surface area contributed by atoms with Gasteiger partial charge in [-0.15, -0.1) is 0 Å². The Hall–Kier alpha value is -1.31. The average Bonchev–Trinajstić information content (AvgIpc) is 2.33. The molecular formula is C12H18N2O4S. The number of anilines is 1. The van der Waals surface area contributed by atoms with Gasteiger partial charge in [0, 0.05) is 12.2 Å². The molecule has 0 spiro atoms. The van der Waals surface area contributed by atoms with Gasteiger partial charge < -0.3 is 15.6 Å². The van der Waals surface area contributed by atoms with Crippen LogP contribution in [0.2, 0.25) is 0 Å². The lowest BCUT2D eigenvalue weighted by molar-refractivity contribution is 0.0453. The minimum absolute atomic E-state index is 0.0369. The summed E-state index contributed by atoms with van der Waals surface area (Å²) in [7, 11) is -2.24. The van der Waals surface area contributed by atoms with Crippen LogP contribution in [0.25, 0.3) is 0 Å². The molecule has 0 amide bonds. The summed E-state index contributed by atoms with van der Waals surface area (Å²) in [6.45, 7) is 0.317. The molecule has 1 aromatic rings. The van der Waals surface area contributed by atoms with Crippen LogP contribution in [0.3, 0.4) is 0 Å². The molecule has 0 unspecified atom stereocenters. The summed E-state index contributed by atoms with van der Waals surface area (Å²) in [6, 6.07) is 4.48. The van der Waals surface area contributed by atoms with Gasteiger partial charge in [-0.2, -0.15) is 0 Å². The molecule has 1 saturated carbocycles. The van der Waals surface area contributed by atoms with Gasteiger partial charge in [0.15, 0.2) is 0 Å². The van der Waals surface area contributed by atoms with E-state index in [4.69, 9.17) is 15.6 Å². The highest BCUT2D eigenvalue weighted by Crippen LogP contribution is 2.28. The second kappa shape index (κ2) is 5.36. The highest BCUT2D eigenvalue weighted by molar-refractivity contribution is 7.89. The van der Waals surface area contributed by atoms with Crippen LogP contribution in [0.5, 0.6) is 5.75 Å². The van der Waals surface area contributed by atoms with Crippen LogP contribution in [0.15, 0.2) is 23.1 Å². The SMILES string of the molecule is COc1ccc(N)cc1S(=O)(=O)NCC1CC(O)C1. The lowest BCUT2D eigenvalue weighted by atomic mass is 9.83. The standard InChI is InChI=1S/C12H18N2O4S/c1-18-11-3-2-9(13)6-12(11)19(16,17)14-7-8-4-10(15)5-8/h2-3,6,8,10,14-15H,4-5,7,13H2,1H3. The smallest absolute Gasteiger partial charge is 0.244 e.